The number of thioether (sulfide) groups is 1. The van der Waals surface area contributed by atoms with Crippen molar-refractivity contribution >= 4 is 34.9 Å². The molecule has 2 atom stereocenters. The van der Waals surface area contributed by atoms with Crippen LogP contribution in [-0.2, 0) is 5.60 Å². The first kappa shape index (κ1) is 11.3. The molecule has 17 heavy (non-hydrogen) atoms. The molecule has 4 N–H and O–H groups in total. The van der Waals surface area contributed by atoms with E-state index >= 15 is 0 Å². The van der Waals surface area contributed by atoms with Gasteiger partial charge in [-0.3, -0.25) is 0 Å². The Morgan fingerprint density at radius 2 is 2.41 bits per heavy atom. The van der Waals surface area contributed by atoms with Crippen molar-refractivity contribution in [2.75, 3.05) is 12.3 Å². The van der Waals surface area contributed by atoms with E-state index in [0.717, 1.165) is 12.3 Å². The molecule has 90 valence electrons. The second-order valence-corrected chi connectivity index (χ2v) is 5.78. The van der Waals surface area contributed by atoms with Gasteiger partial charge >= 0.3 is 0 Å². The Morgan fingerprint density at radius 1 is 1.59 bits per heavy atom. The number of amidine groups is 1. The fourth-order valence-corrected chi connectivity index (χ4v) is 3.60. The highest BCUT2D eigenvalue weighted by Crippen LogP contribution is 2.44. The third-order valence-electron chi connectivity index (χ3n) is 3.10. The van der Waals surface area contributed by atoms with Crippen molar-refractivity contribution in [3.8, 4) is 0 Å². The van der Waals surface area contributed by atoms with Gasteiger partial charge in [0.2, 0.25) is 0 Å². The summed E-state index contributed by atoms with van der Waals surface area (Å²) in [5.74, 6) is 1.19. The third-order valence-corrected chi connectivity index (χ3v) is 4.61. The highest BCUT2D eigenvalue weighted by molar-refractivity contribution is 8.00. The Balaban J connectivity index is 2.12. The molecule has 1 fully saturated rings. The lowest BCUT2D eigenvalue weighted by molar-refractivity contribution is 0.103. The van der Waals surface area contributed by atoms with Crippen molar-refractivity contribution in [2.24, 2.45) is 10.7 Å². The van der Waals surface area contributed by atoms with Gasteiger partial charge < -0.3 is 16.2 Å². The summed E-state index contributed by atoms with van der Waals surface area (Å²) in [7, 11) is 0. The van der Waals surface area contributed by atoms with Gasteiger partial charge in [0.1, 0.15) is 5.84 Å². The number of halogens is 1. The van der Waals surface area contributed by atoms with E-state index in [9.17, 15) is 5.11 Å². The van der Waals surface area contributed by atoms with Crippen molar-refractivity contribution in [3.05, 3.63) is 28.8 Å². The second kappa shape index (κ2) is 3.88. The first-order valence-corrected chi connectivity index (χ1v) is 6.77. The second-order valence-electron chi connectivity index (χ2n) is 4.13. The van der Waals surface area contributed by atoms with Crippen molar-refractivity contribution < 1.29 is 5.11 Å². The predicted octanol–water partition coefficient (Wildman–Crippen LogP) is 1.19. The summed E-state index contributed by atoms with van der Waals surface area (Å²) in [6, 6.07) is 5.26. The van der Waals surface area contributed by atoms with Crippen LogP contribution in [0.4, 0.5) is 5.69 Å². The lowest BCUT2D eigenvalue weighted by Gasteiger charge is -2.30. The van der Waals surface area contributed by atoms with E-state index < -0.39 is 5.60 Å². The molecule has 6 heteroatoms. The molecule has 0 radical (unpaired) electrons. The first-order valence-electron chi connectivity index (χ1n) is 5.34. The number of aliphatic imine (C=N–C) groups is 1. The fraction of sp³-hybridized carbons (Fsp3) is 0.364. The van der Waals surface area contributed by atoms with E-state index in [1.165, 1.54) is 0 Å². The summed E-state index contributed by atoms with van der Waals surface area (Å²) in [4.78, 5) is 4.22. The van der Waals surface area contributed by atoms with Gasteiger partial charge in [-0.05, 0) is 18.2 Å². The summed E-state index contributed by atoms with van der Waals surface area (Å²) in [5, 5.41) is 14.5. The minimum Gasteiger partial charge on any atom is -0.384 e. The van der Waals surface area contributed by atoms with Crippen LogP contribution in [0.15, 0.2) is 23.2 Å². The molecule has 1 aromatic rings. The number of nitrogens with two attached hydrogens (primary N) is 1. The number of hydrogen-bond acceptors (Lipinski definition) is 5. The Hall–Kier alpha value is -0.750. The molecule has 2 aliphatic rings. The van der Waals surface area contributed by atoms with Crippen molar-refractivity contribution in [3.63, 3.8) is 0 Å². The minimum absolute atomic E-state index is 0.161. The monoisotopic (exact) mass is 269 g/mol. The molecule has 0 aromatic heterocycles. The average Bonchev–Trinajstić information content (AvgIpc) is 2.90. The Kier molecular flexibility index (Phi) is 2.59. The lowest BCUT2D eigenvalue weighted by atomic mass is 9.93. The van der Waals surface area contributed by atoms with E-state index in [2.05, 4.69) is 10.3 Å². The Labute approximate surface area is 108 Å². The predicted molar refractivity (Wildman–Crippen MR) is 70.9 cm³/mol. The van der Waals surface area contributed by atoms with Crippen LogP contribution in [0.25, 0.3) is 0 Å². The SMILES string of the molecule is NC1=Nc2ccc(Cl)cc2C1(O)C1NCCS1. The molecular weight excluding hydrogens is 258 g/mol. The summed E-state index contributed by atoms with van der Waals surface area (Å²) in [5.41, 5.74) is 6.04. The zero-order valence-electron chi connectivity index (χ0n) is 8.98. The summed E-state index contributed by atoms with van der Waals surface area (Å²) < 4.78 is 0. The number of nitrogens with one attached hydrogen (secondary N) is 1. The number of nitrogens with zero attached hydrogens (tertiary/aromatic N) is 1. The minimum atomic E-state index is -1.25. The molecule has 3 rings (SSSR count). The van der Waals surface area contributed by atoms with E-state index in [1.54, 1.807) is 30.0 Å². The number of aliphatic hydroxyl groups is 1. The Morgan fingerprint density at radius 3 is 3.12 bits per heavy atom. The topological polar surface area (TPSA) is 70.6 Å². The van der Waals surface area contributed by atoms with E-state index in [4.69, 9.17) is 17.3 Å². The fourth-order valence-electron chi connectivity index (χ4n) is 2.23. The highest BCUT2D eigenvalue weighted by Gasteiger charge is 2.48. The molecule has 4 nitrogen and oxygen atoms in total. The van der Waals surface area contributed by atoms with Crippen LogP contribution in [0.2, 0.25) is 5.02 Å². The van der Waals surface area contributed by atoms with Crippen molar-refractivity contribution in [1.82, 2.24) is 5.32 Å². The van der Waals surface area contributed by atoms with E-state index in [0.29, 0.717) is 16.3 Å². The van der Waals surface area contributed by atoms with Crippen LogP contribution in [0, 0.1) is 0 Å². The molecule has 0 bridgehead atoms. The molecule has 2 unspecified atom stereocenters. The summed E-state index contributed by atoms with van der Waals surface area (Å²) >= 11 is 7.62. The van der Waals surface area contributed by atoms with Crippen LogP contribution in [0.1, 0.15) is 5.56 Å². The van der Waals surface area contributed by atoms with Crippen LogP contribution in [0.5, 0.6) is 0 Å². The first-order chi connectivity index (χ1) is 8.12. The van der Waals surface area contributed by atoms with Crippen LogP contribution in [-0.4, -0.2) is 28.6 Å². The smallest absolute Gasteiger partial charge is 0.173 e. The number of fused-ring (bicyclic) bond motifs is 1. The van der Waals surface area contributed by atoms with Gasteiger partial charge in [0.25, 0.3) is 0 Å². The van der Waals surface area contributed by atoms with Gasteiger partial charge in [-0.1, -0.05) is 11.6 Å². The van der Waals surface area contributed by atoms with Gasteiger partial charge in [-0.2, -0.15) is 0 Å². The van der Waals surface area contributed by atoms with Gasteiger partial charge in [0.05, 0.1) is 11.1 Å². The standard InChI is InChI=1S/C11H12ClN3OS/c12-6-1-2-8-7(5-6)11(16,9(13)15-8)10-14-3-4-17-10/h1-2,5,10,14,16H,3-4H2,(H2,13,15). The van der Waals surface area contributed by atoms with Crippen LogP contribution >= 0.6 is 23.4 Å². The van der Waals surface area contributed by atoms with E-state index in [-0.39, 0.29) is 11.2 Å². The molecule has 2 aliphatic heterocycles. The zero-order chi connectivity index (χ0) is 12.0. The lowest BCUT2D eigenvalue weighted by Crippen LogP contribution is -2.51. The van der Waals surface area contributed by atoms with Gasteiger partial charge in [-0.25, -0.2) is 4.99 Å². The largest absolute Gasteiger partial charge is 0.384 e. The highest BCUT2D eigenvalue weighted by atomic mass is 35.5. The molecule has 0 amide bonds. The summed E-state index contributed by atoms with van der Waals surface area (Å²) in [6.45, 7) is 0.862. The number of hydrogen-bond donors (Lipinski definition) is 3. The number of rotatable bonds is 1. The molecule has 1 saturated heterocycles. The van der Waals surface area contributed by atoms with Crippen molar-refractivity contribution in [1.29, 1.82) is 0 Å². The van der Waals surface area contributed by atoms with Crippen LogP contribution < -0.4 is 11.1 Å². The molecule has 0 saturated carbocycles. The van der Waals surface area contributed by atoms with E-state index in [1.807, 2.05) is 0 Å². The Bertz CT molecular complexity index is 501. The molecule has 0 spiro atoms. The molecule has 0 aliphatic carbocycles. The quantitative estimate of drug-likeness (QED) is 0.716. The maximum Gasteiger partial charge on any atom is 0.173 e. The maximum absolute atomic E-state index is 10.8. The van der Waals surface area contributed by atoms with Gasteiger partial charge in [0.15, 0.2) is 5.60 Å². The molecule has 2 heterocycles. The third kappa shape index (κ3) is 1.57. The van der Waals surface area contributed by atoms with Gasteiger partial charge in [-0.15, -0.1) is 11.8 Å². The van der Waals surface area contributed by atoms with Crippen LogP contribution in [0.3, 0.4) is 0 Å². The average molecular weight is 270 g/mol. The van der Waals surface area contributed by atoms with Crippen molar-refractivity contribution in [2.45, 2.75) is 11.0 Å². The normalized spacial score (nSPS) is 31.4. The maximum atomic E-state index is 10.8. The molecular formula is C11H12ClN3OS. The summed E-state index contributed by atoms with van der Waals surface area (Å²) in [6.07, 6.45) is 0. The molecule has 1 aromatic carbocycles. The zero-order valence-corrected chi connectivity index (χ0v) is 10.6. The number of benzene rings is 1. The van der Waals surface area contributed by atoms with Gasteiger partial charge in [0, 0.05) is 22.9 Å².